The molecule has 0 aliphatic heterocycles. The predicted octanol–water partition coefficient (Wildman–Crippen LogP) is 4.00. The largest absolute Gasteiger partial charge is 0.416 e. The second-order valence-electron chi connectivity index (χ2n) is 6.48. The molecule has 0 saturated heterocycles. The van der Waals surface area contributed by atoms with Gasteiger partial charge in [-0.3, -0.25) is 9.59 Å². The zero-order valence-electron chi connectivity index (χ0n) is 16.0. The summed E-state index contributed by atoms with van der Waals surface area (Å²) in [7, 11) is 0. The van der Waals surface area contributed by atoms with E-state index in [0.29, 0.717) is 5.69 Å². The fourth-order valence-corrected chi connectivity index (χ4v) is 2.62. The number of nitriles is 1. The third kappa shape index (κ3) is 5.82. The summed E-state index contributed by atoms with van der Waals surface area (Å²) in [6, 6.07) is 11.2. The van der Waals surface area contributed by atoms with Crippen LogP contribution in [-0.2, 0) is 11.0 Å². The number of rotatable bonds is 6. The molecular formula is C21H20F3N3O2. The maximum absolute atomic E-state index is 12.6. The molecule has 29 heavy (non-hydrogen) atoms. The van der Waals surface area contributed by atoms with Crippen LogP contribution in [0.5, 0.6) is 0 Å². The van der Waals surface area contributed by atoms with E-state index < -0.39 is 23.6 Å². The highest BCUT2D eigenvalue weighted by molar-refractivity contribution is 6.00. The van der Waals surface area contributed by atoms with Crippen molar-refractivity contribution in [2.75, 3.05) is 18.0 Å². The van der Waals surface area contributed by atoms with Crippen molar-refractivity contribution in [3.8, 4) is 6.07 Å². The number of nitrogens with one attached hydrogen (secondary N) is 1. The first-order valence-electron chi connectivity index (χ1n) is 8.83. The Labute approximate surface area is 166 Å². The summed E-state index contributed by atoms with van der Waals surface area (Å²) >= 11 is 0. The molecule has 152 valence electrons. The average molecular weight is 403 g/mol. The van der Waals surface area contributed by atoms with Crippen molar-refractivity contribution in [2.24, 2.45) is 0 Å². The van der Waals surface area contributed by atoms with Crippen LogP contribution in [0.2, 0.25) is 0 Å². The van der Waals surface area contributed by atoms with Crippen LogP contribution in [0.1, 0.15) is 33.5 Å². The van der Waals surface area contributed by atoms with Crippen molar-refractivity contribution < 1.29 is 22.8 Å². The van der Waals surface area contributed by atoms with Crippen LogP contribution < -0.4 is 10.2 Å². The molecule has 2 amide bonds. The van der Waals surface area contributed by atoms with Gasteiger partial charge in [-0.05, 0) is 61.4 Å². The standard InChI is InChI=1S/C21H20F3N3O2/c1-14-4-9-18(12-15(14)2)27(11-3-10-25)19(28)13-26-20(29)16-5-7-17(8-6-16)21(22,23)24/h4-9,12H,3,11,13H2,1-2H3,(H,26,29). The summed E-state index contributed by atoms with van der Waals surface area (Å²) in [5, 5.41) is 11.3. The molecule has 0 heterocycles. The number of anilines is 1. The molecule has 0 unspecified atom stereocenters. The lowest BCUT2D eigenvalue weighted by Gasteiger charge is -2.23. The number of hydrogen-bond donors (Lipinski definition) is 1. The molecule has 0 saturated carbocycles. The van der Waals surface area contributed by atoms with E-state index >= 15 is 0 Å². The van der Waals surface area contributed by atoms with E-state index in [9.17, 15) is 22.8 Å². The highest BCUT2D eigenvalue weighted by atomic mass is 19.4. The number of halogens is 3. The van der Waals surface area contributed by atoms with Crippen molar-refractivity contribution in [1.29, 1.82) is 5.26 Å². The molecule has 0 bridgehead atoms. The summed E-state index contributed by atoms with van der Waals surface area (Å²) in [5.41, 5.74) is 1.79. The van der Waals surface area contributed by atoms with E-state index in [-0.39, 0.29) is 25.1 Å². The molecule has 2 aromatic rings. The molecule has 0 aliphatic rings. The summed E-state index contributed by atoms with van der Waals surface area (Å²) in [6.07, 6.45) is -4.37. The number of carbonyl (C=O) groups is 2. The van der Waals surface area contributed by atoms with E-state index in [1.54, 1.807) is 6.07 Å². The molecule has 5 nitrogen and oxygen atoms in total. The van der Waals surface area contributed by atoms with Gasteiger partial charge in [0.25, 0.3) is 5.91 Å². The van der Waals surface area contributed by atoms with Crippen LogP contribution in [0.4, 0.5) is 18.9 Å². The van der Waals surface area contributed by atoms with E-state index in [0.717, 1.165) is 35.4 Å². The SMILES string of the molecule is Cc1ccc(N(CCC#N)C(=O)CNC(=O)c2ccc(C(F)(F)F)cc2)cc1C. The lowest BCUT2D eigenvalue weighted by atomic mass is 10.1. The molecule has 0 atom stereocenters. The highest BCUT2D eigenvalue weighted by Gasteiger charge is 2.30. The summed E-state index contributed by atoms with van der Waals surface area (Å²) in [6.45, 7) is 3.65. The van der Waals surface area contributed by atoms with Crippen molar-refractivity contribution in [3.63, 3.8) is 0 Å². The molecule has 2 aromatic carbocycles. The third-order valence-corrected chi connectivity index (χ3v) is 4.43. The maximum atomic E-state index is 12.6. The van der Waals surface area contributed by atoms with E-state index in [1.165, 1.54) is 4.90 Å². The molecule has 0 aliphatic carbocycles. The van der Waals surface area contributed by atoms with Crippen molar-refractivity contribution in [1.82, 2.24) is 5.32 Å². The number of carbonyl (C=O) groups excluding carboxylic acids is 2. The van der Waals surface area contributed by atoms with Gasteiger partial charge >= 0.3 is 6.18 Å². The van der Waals surface area contributed by atoms with Gasteiger partial charge < -0.3 is 10.2 Å². The van der Waals surface area contributed by atoms with Crippen LogP contribution in [0.25, 0.3) is 0 Å². The monoisotopic (exact) mass is 403 g/mol. The Hall–Kier alpha value is -3.34. The molecule has 2 rings (SSSR count). The van der Waals surface area contributed by atoms with Gasteiger partial charge in [0.2, 0.25) is 5.91 Å². The predicted molar refractivity (Wildman–Crippen MR) is 102 cm³/mol. The zero-order chi connectivity index (χ0) is 21.6. The molecule has 8 heteroatoms. The van der Waals surface area contributed by atoms with Gasteiger partial charge in [-0.1, -0.05) is 6.07 Å². The summed E-state index contributed by atoms with van der Waals surface area (Å²) in [5.74, 6) is -1.09. The normalized spacial score (nSPS) is 10.9. The van der Waals surface area contributed by atoms with E-state index in [1.807, 2.05) is 32.0 Å². The first kappa shape index (κ1) is 22.0. The van der Waals surface area contributed by atoms with Gasteiger partial charge in [0.05, 0.1) is 24.6 Å². The quantitative estimate of drug-likeness (QED) is 0.792. The molecule has 0 radical (unpaired) electrons. The molecule has 0 aromatic heterocycles. The number of benzene rings is 2. The van der Waals surface area contributed by atoms with Crippen LogP contribution in [0.3, 0.4) is 0 Å². The second-order valence-corrected chi connectivity index (χ2v) is 6.48. The van der Waals surface area contributed by atoms with Gasteiger partial charge in [0.15, 0.2) is 0 Å². The van der Waals surface area contributed by atoms with E-state index in [2.05, 4.69) is 5.32 Å². The molecule has 0 spiro atoms. The van der Waals surface area contributed by atoms with Gasteiger partial charge in [0.1, 0.15) is 0 Å². The number of alkyl halides is 3. The molecule has 1 N–H and O–H groups in total. The fraction of sp³-hybridized carbons (Fsp3) is 0.286. The molecular weight excluding hydrogens is 383 g/mol. The number of hydrogen-bond acceptors (Lipinski definition) is 3. The Morgan fingerprint density at radius 1 is 1.07 bits per heavy atom. The van der Waals surface area contributed by atoms with Gasteiger partial charge in [-0.25, -0.2) is 0 Å². The highest BCUT2D eigenvalue weighted by Crippen LogP contribution is 2.29. The lowest BCUT2D eigenvalue weighted by Crippen LogP contribution is -2.40. The Kier molecular flexibility index (Phi) is 6.99. The van der Waals surface area contributed by atoms with Crippen LogP contribution >= 0.6 is 0 Å². The smallest absolute Gasteiger partial charge is 0.343 e. The minimum Gasteiger partial charge on any atom is -0.343 e. The first-order chi connectivity index (χ1) is 13.6. The number of amides is 2. The Bertz CT molecular complexity index is 932. The number of nitrogens with zero attached hydrogens (tertiary/aromatic N) is 2. The van der Waals surface area contributed by atoms with Gasteiger partial charge in [0, 0.05) is 17.8 Å². The first-order valence-corrected chi connectivity index (χ1v) is 8.83. The number of aryl methyl sites for hydroxylation is 2. The van der Waals surface area contributed by atoms with E-state index in [4.69, 9.17) is 5.26 Å². The second kappa shape index (κ2) is 9.24. The fourth-order valence-electron chi connectivity index (χ4n) is 2.62. The van der Waals surface area contributed by atoms with Crippen molar-refractivity contribution >= 4 is 17.5 Å². The Balaban J connectivity index is 2.08. The van der Waals surface area contributed by atoms with Gasteiger partial charge in [-0.2, -0.15) is 18.4 Å². The molecule has 0 fully saturated rings. The third-order valence-electron chi connectivity index (χ3n) is 4.43. The van der Waals surface area contributed by atoms with Crippen molar-refractivity contribution in [3.05, 3.63) is 64.7 Å². The summed E-state index contributed by atoms with van der Waals surface area (Å²) in [4.78, 5) is 26.2. The summed E-state index contributed by atoms with van der Waals surface area (Å²) < 4.78 is 37.8. The minimum atomic E-state index is -4.49. The topological polar surface area (TPSA) is 73.2 Å². The van der Waals surface area contributed by atoms with Crippen LogP contribution in [0, 0.1) is 25.2 Å². The average Bonchev–Trinajstić information content (AvgIpc) is 2.68. The van der Waals surface area contributed by atoms with Crippen LogP contribution in [-0.4, -0.2) is 24.9 Å². The van der Waals surface area contributed by atoms with Crippen LogP contribution in [0.15, 0.2) is 42.5 Å². The maximum Gasteiger partial charge on any atom is 0.416 e. The Morgan fingerprint density at radius 2 is 1.72 bits per heavy atom. The lowest BCUT2D eigenvalue weighted by molar-refractivity contribution is -0.137. The Morgan fingerprint density at radius 3 is 2.28 bits per heavy atom. The zero-order valence-corrected chi connectivity index (χ0v) is 16.0. The van der Waals surface area contributed by atoms with Crippen molar-refractivity contribution in [2.45, 2.75) is 26.4 Å². The minimum absolute atomic E-state index is 0.0144. The van der Waals surface area contributed by atoms with Gasteiger partial charge in [-0.15, -0.1) is 0 Å².